The van der Waals surface area contributed by atoms with E-state index in [1.165, 1.54) is 10.7 Å². The van der Waals surface area contributed by atoms with Gasteiger partial charge in [-0.05, 0) is 13.0 Å². The summed E-state index contributed by atoms with van der Waals surface area (Å²) in [7, 11) is 0. The maximum absolute atomic E-state index is 11.3. The SMILES string of the molecule is CCOC(=O)C(C)Cn1ccc(C(N)=O)n1. The van der Waals surface area contributed by atoms with Crippen LogP contribution in [0.5, 0.6) is 0 Å². The molecule has 1 aromatic rings. The van der Waals surface area contributed by atoms with Crippen molar-refractivity contribution in [3.05, 3.63) is 18.0 Å². The van der Waals surface area contributed by atoms with Gasteiger partial charge in [-0.25, -0.2) is 0 Å². The molecule has 1 aromatic heterocycles. The Bertz CT molecular complexity index is 386. The molecule has 1 unspecified atom stereocenters. The summed E-state index contributed by atoms with van der Waals surface area (Å²) in [6.45, 7) is 4.22. The van der Waals surface area contributed by atoms with Crippen molar-refractivity contribution in [1.82, 2.24) is 9.78 Å². The van der Waals surface area contributed by atoms with Crippen LogP contribution in [0.15, 0.2) is 12.3 Å². The molecule has 6 heteroatoms. The number of aromatic nitrogens is 2. The van der Waals surface area contributed by atoms with Gasteiger partial charge in [0.2, 0.25) is 0 Å². The van der Waals surface area contributed by atoms with E-state index in [0.717, 1.165) is 0 Å². The van der Waals surface area contributed by atoms with Crippen molar-refractivity contribution < 1.29 is 14.3 Å². The summed E-state index contributed by atoms with van der Waals surface area (Å²) in [6, 6.07) is 1.51. The summed E-state index contributed by atoms with van der Waals surface area (Å²) in [5, 5.41) is 3.93. The first-order valence-corrected chi connectivity index (χ1v) is 5.04. The minimum absolute atomic E-state index is 0.191. The lowest BCUT2D eigenvalue weighted by Crippen LogP contribution is -2.21. The fourth-order valence-electron chi connectivity index (χ4n) is 1.23. The largest absolute Gasteiger partial charge is 0.466 e. The molecular formula is C10H15N3O3. The first-order chi connectivity index (χ1) is 7.54. The van der Waals surface area contributed by atoms with Gasteiger partial charge in [0, 0.05) is 6.20 Å². The molecule has 1 atom stereocenters. The number of primary amides is 1. The van der Waals surface area contributed by atoms with E-state index < -0.39 is 5.91 Å². The van der Waals surface area contributed by atoms with Crippen LogP contribution in [0.3, 0.4) is 0 Å². The Morgan fingerprint density at radius 3 is 2.81 bits per heavy atom. The minimum atomic E-state index is -0.581. The van der Waals surface area contributed by atoms with Gasteiger partial charge in [0.05, 0.1) is 19.1 Å². The number of carbonyl (C=O) groups excluding carboxylic acids is 2. The predicted molar refractivity (Wildman–Crippen MR) is 56.5 cm³/mol. The molecule has 1 heterocycles. The Kier molecular flexibility index (Phi) is 4.04. The van der Waals surface area contributed by atoms with Gasteiger partial charge in [0.1, 0.15) is 5.69 Å². The quantitative estimate of drug-likeness (QED) is 0.724. The third-order valence-corrected chi connectivity index (χ3v) is 2.04. The molecule has 88 valence electrons. The zero-order valence-corrected chi connectivity index (χ0v) is 9.34. The highest BCUT2D eigenvalue weighted by molar-refractivity contribution is 5.90. The molecule has 0 radical (unpaired) electrons. The van der Waals surface area contributed by atoms with Crippen LogP contribution in [0.4, 0.5) is 0 Å². The Morgan fingerprint density at radius 1 is 1.62 bits per heavy atom. The lowest BCUT2D eigenvalue weighted by atomic mass is 10.2. The molecule has 0 aliphatic rings. The molecule has 0 bridgehead atoms. The van der Waals surface area contributed by atoms with Crippen LogP contribution in [-0.4, -0.2) is 28.3 Å². The summed E-state index contributed by atoms with van der Waals surface area (Å²) in [5.41, 5.74) is 5.25. The Labute approximate surface area is 93.4 Å². The average Bonchev–Trinajstić information content (AvgIpc) is 2.66. The van der Waals surface area contributed by atoms with Crippen LogP contribution in [0.1, 0.15) is 24.3 Å². The van der Waals surface area contributed by atoms with Crippen LogP contribution in [-0.2, 0) is 16.1 Å². The maximum atomic E-state index is 11.3. The molecule has 6 nitrogen and oxygen atoms in total. The summed E-state index contributed by atoms with van der Waals surface area (Å²) < 4.78 is 6.36. The van der Waals surface area contributed by atoms with Crippen molar-refractivity contribution in [3.8, 4) is 0 Å². The zero-order chi connectivity index (χ0) is 12.1. The molecular weight excluding hydrogens is 210 g/mol. The van der Waals surface area contributed by atoms with Gasteiger partial charge < -0.3 is 10.5 Å². The van der Waals surface area contributed by atoms with Gasteiger partial charge >= 0.3 is 5.97 Å². The highest BCUT2D eigenvalue weighted by atomic mass is 16.5. The maximum Gasteiger partial charge on any atom is 0.310 e. The molecule has 0 spiro atoms. The van der Waals surface area contributed by atoms with E-state index in [1.54, 1.807) is 20.0 Å². The fourth-order valence-corrected chi connectivity index (χ4v) is 1.23. The summed E-state index contributed by atoms with van der Waals surface area (Å²) in [6.07, 6.45) is 1.61. The van der Waals surface area contributed by atoms with Crippen molar-refractivity contribution in [1.29, 1.82) is 0 Å². The number of rotatable bonds is 5. The van der Waals surface area contributed by atoms with E-state index in [9.17, 15) is 9.59 Å². The number of ether oxygens (including phenoxy) is 1. The number of nitrogens with two attached hydrogens (primary N) is 1. The smallest absolute Gasteiger partial charge is 0.310 e. The van der Waals surface area contributed by atoms with Gasteiger partial charge in [0.15, 0.2) is 0 Å². The number of hydrogen-bond donors (Lipinski definition) is 1. The first kappa shape index (κ1) is 12.2. The van der Waals surface area contributed by atoms with Gasteiger partial charge in [0.25, 0.3) is 5.91 Å². The monoisotopic (exact) mass is 225 g/mol. The lowest BCUT2D eigenvalue weighted by Gasteiger charge is -2.09. The van der Waals surface area contributed by atoms with E-state index in [2.05, 4.69) is 5.10 Å². The third kappa shape index (κ3) is 3.08. The molecule has 1 rings (SSSR count). The fraction of sp³-hybridized carbons (Fsp3) is 0.500. The summed E-state index contributed by atoms with van der Waals surface area (Å²) in [5.74, 6) is -1.17. The zero-order valence-electron chi connectivity index (χ0n) is 9.34. The van der Waals surface area contributed by atoms with E-state index >= 15 is 0 Å². The first-order valence-electron chi connectivity index (χ1n) is 5.04. The topological polar surface area (TPSA) is 87.2 Å². The van der Waals surface area contributed by atoms with Crippen LogP contribution in [0.2, 0.25) is 0 Å². The molecule has 16 heavy (non-hydrogen) atoms. The third-order valence-electron chi connectivity index (χ3n) is 2.04. The van der Waals surface area contributed by atoms with Crippen LogP contribution >= 0.6 is 0 Å². The number of hydrogen-bond acceptors (Lipinski definition) is 4. The van der Waals surface area contributed by atoms with Gasteiger partial charge in [-0.1, -0.05) is 6.92 Å². The second-order valence-corrected chi connectivity index (χ2v) is 3.44. The molecule has 0 saturated heterocycles. The van der Waals surface area contributed by atoms with Gasteiger partial charge in [-0.15, -0.1) is 0 Å². The number of carbonyl (C=O) groups is 2. The van der Waals surface area contributed by atoms with E-state index in [4.69, 9.17) is 10.5 Å². The number of amides is 1. The molecule has 1 amide bonds. The highest BCUT2D eigenvalue weighted by Gasteiger charge is 2.15. The lowest BCUT2D eigenvalue weighted by molar-refractivity contribution is -0.147. The van der Waals surface area contributed by atoms with Crippen LogP contribution in [0, 0.1) is 5.92 Å². The summed E-state index contributed by atoms with van der Waals surface area (Å²) >= 11 is 0. The van der Waals surface area contributed by atoms with Crippen LogP contribution < -0.4 is 5.73 Å². The second-order valence-electron chi connectivity index (χ2n) is 3.44. The predicted octanol–water partition coefficient (Wildman–Crippen LogP) is 0.181. The van der Waals surface area contributed by atoms with Crippen molar-refractivity contribution in [3.63, 3.8) is 0 Å². The highest BCUT2D eigenvalue weighted by Crippen LogP contribution is 2.04. The molecule has 0 fully saturated rings. The van der Waals surface area contributed by atoms with Crippen molar-refractivity contribution in [2.45, 2.75) is 20.4 Å². The van der Waals surface area contributed by atoms with E-state index in [0.29, 0.717) is 13.2 Å². The molecule has 0 aliphatic heterocycles. The normalized spacial score (nSPS) is 12.1. The van der Waals surface area contributed by atoms with Crippen LogP contribution in [0.25, 0.3) is 0 Å². The molecule has 0 aromatic carbocycles. The Hall–Kier alpha value is -1.85. The average molecular weight is 225 g/mol. The molecule has 0 saturated carbocycles. The minimum Gasteiger partial charge on any atom is -0.466 e. The number of esters is 1. The summed E-state index contributed by atoms with van der Waals surface area (Å²) in [4.78, 5) is 22.1. The van der Waals surface area contributed by atoms with E-state index in [1.807, 2.05) is 0 Å². The second kappa shape index (κ2) is 5.29. The Balaban J connectivity index is 2.59. The van der Waals surface area contributed by atoms with Gasteiger partial charge in [-0.2, -0.15) is 5.10 Å². The van der Waals surface area contributed by atoms with Gasteiger partial charge in [-0.3, -0.25) is 14.3 Å². The van der Waals surface area contributed by atoms with E-state index in [-0.39, 0.29) is 17.6 Å². The Morgan fingerprint density at radius 2 is 2.31 bits per heavy atom. The standard InChI is InChI=1S/C10H15N3O3/c1-3-16-10(15)7(2)6-13-5-4-8(12-13)9(11)14/h4-5,7H,3,6H2,1-2H3,(H2,11,14). The van der Waals surface area contributed by atoms with Crippen molar-refractivity contribution in [2.24, 2.45) is 11.7 Å². The van der Waals surface area contributed by atoms with Crippen molar-refractivity contribution >= 4 is 11.9 Å². The van der Waals surface area contributed by atoms with Crippen molar-refractivity contribution in [2.75, 3.05) is 6.61 Å². The number of nitrogens with zero attached hydrogens (tertiary/aromatic N) is 2. The molecule has 0 aliphatic carbocycles. The molecule has 2 N–H and O–H groups in total.